The Morgan fingerprint density at radius 1 is 0.264 bits per heavy atom. The van der Waals surface area contributed by atoms with E-state index in [-0.39, 0.29) is 0 Å². The summed E-state index contributed by atoms with van der Waals surface area (Å²) in [5, 5.41) is 12.4. The van der Waals surface area contributed by atoms with Gasteiger partial charge >= 0.3 is 0 Å². The van der Waals surface area contributed by atoms with Crippen LogP contribution >= 0.6 is 0 Å². The second-order valence-corrected chi connectivity index (χ2v) is 13.9. The van der Waals surface area contributed by atoms with Crippen molar-refractivity contribution in [1.29, 1.82) is 0 Å². The molecule has 0 fully saturated rings. The maximum Gasteiger partial charge on any atom is 0.144 e. The minimum atomic E-state index is 0.798. The molecular weight excluding hydrogens is 649 g/mol. The van der Waals surface area contributed by atoms with Crippen molar-refractivity contribution in [1.82, 2.24) is 0 Å². The largest absolute Gasteiger partial charge is 0.456 e. The van der Waals surface area contributed by atoms with Gasteiger partial charge in [-0.1, -0.05) is 140 Å². The molecule has 0 spiro atoms. The summed E-state index contributed by atoms with van der Waals surface area (Å²) >= 11 is 0. The van der Waals surface area contributed by atoms with Gasteiger partial charge in [0.1, 0.15) is 33.7 Å². The number of furan rings is 3. The Morgan fingerprint density at radius 3 is 1.51 bits per heavy atom. The summed E-state index contributed by atoms with van der Waals surface area (Å²) in [4.78, 5) is 0. The van der Waals surface area contributed by atoms with Crippen molar-refractivity contribution in [3.8, 4) is 33.6 Å². The molecule has 0 aliphatic rings. The molecule has 3 heterocycles. The van der Waals surface area contributed by atoms with Gasteiger partial charge in [0, 0.05) is 49.5 Å². The molecule has 3 heteroatoms. The van der Waals surface area contributed by atoms with Crippen molar-refractivity contribution in [2.75, 3.05) is 0 Å². The average molecular weight is 677 g/mol. The number of fused-ring (bicyclic) bond motifs is 11. The summed E-state index contributed by atoms with van der Waals surface area (Å²) in [6, 6.07) is 60.1. The van der Waals surface area contributed by atoms with Crippen LogP contribution in [0.2, 0.25) is 0 Å². The number of hydrogen-bond donors (Lipinski definition) is 0. The smallest absolute Gasteiger partial charge is 0.144 e. The van der Waals surface area contributed by atoms with Gasteiger partial charge in [-0.25, -0.2) is 0 Å². The van der Waals surface area contributed by atoms with Crippen LogP contribution in [0.25, 0.3) is 121 Å². The Bertz CT molecular complexity index is 3390. The van der Waals surface area contributed by atoms with Gasteiger partial charge in [-0.05, 0) is 67.9 Å². The third kappa shape index (κ3) is 3.99. The van der Waals surface area contributed by atoms with Crippen LogP contribution in [-0.4, -0.2) is 0 Å². The van der Waals surface area contributed by atoms with Crippen LogP contribution in [0.15, 0.2) is 183 Å². The Morgan fingerprint density at radius 2 is 0.792 bits per heavy atom. The monoisotopic (exact) mass is 676 g/mol. The molecule has 0 N–H and O–H groups in total. The molecular formula is C50H28O3. The Balaban J connectivity index is 1.20. The molecule has 0 radical (unpaired) electrons. The molecule has 0 atom stereocenters. The molecule has 0 bridgehead atoms. The maximum absolute atomic E-state index is 7.08. The first-order chi connectivity index (χ1) is 26.3. The predicted molar refractivity (Wildman–Crippen MR) is 220 cm³/mol. The van der Waals surface area contributed by atoms with Crippen molar-refractivity contribution in [3.05, 3.63) is 170 Å². The highest BCUT2D eigenvalue weighted by atomic mass is 16.3. The van der Waals surface area contributed by atoms with Gasteiger partial charge < -0.3 is 13.3 Å². The van der Waals surface area contributed by atoms with E-state index in [1.54, 1.807) is 0 Å². The topological polar surface area (TPSA) is 39.4 Å². The van der Waals surface area contributed by atoms with E-state index in [1.165, 1.54) is 11.1 Å². The average Bonchev–Trinajstić information content (AvgIpc) is 3.90. The standard InChI is InChI=1S/C50H28O3/c1-2-13-29(14-3-1)46-41-27-40-32-16-9-10-23-42(32)51-44(40)28-45(41)53-50(46)48-36-19-6-4-17-34(36)47(35-18-5-7-20-37(35)48)33-21-12-22-38-30(33)25-26-39-31-15-8-11-24-43(31)52-49(38)39/h1-28H. The molecule has 3 aromatic heterocycles. The normalized spacial score (nSPS) is 12.2. The Hall–Kier alpha value is -7.10. The van der Waals surface area contributed by atoms with Gasteiger partial charge in [0.25, 0.3) is 0 Å². The lowest BCUT2D eigenvalue weighted by Crippen LogP contribution is -1.92. The first-order valence-electron chi connectivity index (χ1n) is 18.0. The Kier molecular flexibility index (Phi) is 5.77. The molecule has 0 saturated heterocycles. The molecule has 246 valence electrons. The van der Waals surface area contributed by atoms with E-state index in [2.05, 4.69) is 146 Å². The second kappa shape index (κ2) is 10.7. The van der Waals surface area contributed by atoms with E-state index in [0.717, 1.165) is 110 Å². The number of rotatable bonds is 3. The van der Waals surface area contributed by atoms with Gasteiger partial charge in [0.2, 0.25) is 0 Å². The van der Waals surface area contributed by atoms with E-state index < -0.39 is 0 Å². The van der Waals surface area contributed by atoms with Gasteiger partial charge in [-0.2, -0.15) is 0 Å². The van der Waals surface area contributed by atoms with Crippen molar-refractivity contribution in [2.24, 2.45) is 0 Å². The second-order valence-electron chi connectivity index (χ2n) is 13.9. The zero-order valence-electron chi connectivity index (χ0n) is 28.4. The van der Waals surface area contributed by atoms with E-state index in [1.807, 2.05) is 24.3 Å². The van der Waals surface area contributed by atoms with Crippen LogP contribution in [0, 0.1) is 0 Å². The summed E-state index contributed by atoms with van der Waals surface area (Å²) < 4.78 is 19.9. The minimum absolute atomic E-state index is 0.798. The highest BCUT2D eigenvalue weighted by molar-refractivity contribution is 6.27. The highest BCUT2D eigenvalue weighted by Gasteiger charge is 2.26. The van der Waals surface area contributed by atoms with E-state index >= 15 is 0 Å². The first-order valence-corrected chi connectivity index (χ1v) is 18.0. The summed E-state index contributed by atoms with van der Waals surface area (Å²) in [6.45, 7) is 0. The van der Waals surface area contributed by atoms with Crippen LogP contribution in [0.3, 0.4) is 0 Å². The SMILES string of the molecule is c1ccc(-c2c(-c3c4ccccc4c(-c4cccc5c4ccc4c6ccccc6oc54)c4ccccc34)oc3cc4oc5ccccc5c4cc23)cc1. The summed E-state index contributed by atoms with van der Waals surface area (Å²) in [5.41, 5.74) is 9.94. The summed E-state index contributed by atoms with van der Waals surface area (Å²) in [7, 11) is 0. The Labute approximate surface area is 302 Å². The zero-order chi connectivity index (χ0) is 34.6. The fourth-order valence-electron chi connectivity index (χ4n) is 8.80. The first kappa shape index (κ1) is 28.6. The number of para-hydroxylation sites is 2. The zero-order valence-corrected chi connectivity index (χ0v) is 28.4. The van der Waals surface area contributed by atoms with Crippen LogP contribution in [0.5, 0.6) is 0 Å². The summed E-state index contributed by atoms with van der Waals surface area (Å²) in [6.07, 6.45) is 0. The molecule has 0 unspecified atom stereocenters. The van der Waals surface area contributed by atoms with Gasteiger partial charge in [0.15, 0.2) is 0 Å². The van der Waals surface area contributed by atoms with Crippen LogP contribution in [0.4, 0.5) is 0 Å². The third-order valence-electron chi connectivity index (χ3n) is 11.1. The molecule has 12 rings (SSSR count). The van der Waals surface area contributed by atoms with E-state index in [9.17, 15) is 0 Å². The fourth-order valence-corrected chi connectivity index (χ4v) is 8.80. The van der Waals surface area contributed by atoms with Crippen molar-refractivity contribution in [3.63, 3.8) is 0 Å². The molecule has 0 amide bonds. The van der Waals surface area contributed by atoms with Crippen LogP contribution < -0.4 is 0 Å². The van der Waals surface area contributed by atoms with Gasteiger partial charge in [-0.15, -0.1) is 0 Å². The van der Waals surface area contributed by atoms with E-state index in [4.69, 9.17) is 13.3 Å². The van der Waals surface area contributed by atoms with Gasteiger partial charge in [-0.3, -0.25) is 0 Å². The van der Waals surface area contributed by atoms with Crippen molar-refractivity contribution in [2.45, 2.75) is 0 Å². The van der Waals surface area contributed by atoms with E-state index in [0.29, 0.717) is 0 Å². The summed E-state index contributed by atoms with van der Waals surface area (Å²) in [5.74, 6) is 0.851. The number of hydrogen-bond acceptors (Lipinski definition) is 3. The maximum atomic E-state index is 7.08. The lowest BCUT2D eigenvalue weighted by Gasteiger charge is -2.18. The molecule has 0 saturated carbocycles. The lowest BCUT2D eigenvalue weighted by molar-refractivity contribution is 0.630. The van der Waals surface area contributed by atoms with Crippen molar-refractivity contribution >= 4 is 87.2 Å². The molecule has 3 nitrogen and oxygen atoms in total. The third-order valence-corrected chi connectivity index (χ3v) is 11.1. The minimum Gasteiger partial charge on any atom is -0.456 e. The molecule has 9 aromatic carbocycles. The van der Waals surface area contributed by atoms with Gasteiger partial charge in [0.05, 0.1) is 0 Å². The fraction of sp³-hybridized carbons (Fsp3) is 0. The highest BCUT2D eigenvalue weighted by Crippen LogP contribution is 2.51. The lowest BCUT2D eigenvalue weighted by atomic mass is 9.84. The van der Waals surface area contributed by atoms with Crippen LogP contribution in [0.1, 0.15) is 0 Å². The predicted octanol–water partition coefficient (Wildman–Crippen LogP) is 14.7. The molecule has 53 heavy (non-hydrogen) atoms. The number of benzene rings is 9. The molecule has 0 aliphatic carbocycles. The van der Waals surface area contributed by atoms with Crippen LogP contribution in [-0.2, 0) is 0 Å². The van der Waals surface area contributed by atoms with Crippen molar-refractivity contribution < 1.29 is 13.3 Å². The molecule has 0 aliphatic heterocycles. The molecule has 12 aromatic rings. The quantitative estimate of drug-likeness (QED) is 0.175.